The predicted octanol–water partition coefficient (Wildman–Crippen LogP) is -0.459. The SMILES string of the molecule is O=C1CN(S(=O)(=O)c2cccc(C#CCCO)c2)CCN1. The third kappa shape index (κ3) is 3.82. The van der Waals surface area contributed by atoms with Gasteiger partial charge in [-0.05, 0) is 18.2 Å². The van der Waals surface area contributed by atoms with Gasteiger partial charge < -0.3 is 10.4 Å². The summed E-state index contributed by atoms with van der Waals surface area (Å²) in [5.41, 5.74) is 0.561. The molecule has 0 unspecified atom stereocenters. The van der Waals surface area contributed by atoms with Crippen LogP contribution in [0.15, 0.2) is 29.2 Å². The smallest absolute Gasteiger partial charge is 0.243 e. The average molecular weight is 308 g/mol. The second kappa shape index (κ2) is 6.72. The number of nitrogens with one attached hydrogen (secondary N) is 1. The predicted molar refractivity (Wildman–Crippen MR) is 76.8 cm³/mol. The summed E-state index contributed by atoms with van der Waals surface area (Å²) in [5.74, 6) is 5.24. The van der Waals surface area contributed by atoms with Crippen molar-refractivity contribution in [2.45, 2.75) is 11.3 Å². The van der Waals surface area contributed by atoms with Crippen molar-refractivity contribution >= 4 is 15.9 Å². The van der Waals surface area contributed by atoms with Crippen LogP contribution in [0.25, 0.3) is 0 Å². The highest BCUT2D eigenvalue weighted by molar-refractivity contribution is 7.89. The number of rotatable bonds is 3. The largest absolute Gasteiger partial charge is 0.395 e. The number of carbonyl (C=O) groups is 1. The van der Waals surface area contributed by atoms with Crippen molar-refractivity contribution in [3.63, 3.8) is 0 Å². The van der Waals surface area contributed by atoms with E-state index in [4.69, 9.17) is 5.11 Å². The summed E-state index contributed by atoms with van der Waals surface area (Å²) < 4.78 is 26.1. The Morgan fingerprint density at radius 3 is 2.90 bits per heavy atom. The first kappa shape index (κ1) is 15.5. The van der Waals surface area contributed by atoms with Gasteiger partial charge in [0.25, 0.3) is 0 Å². The van der Waals surface area contributed by atoms with Crippen LogP contribution in [0.1, 0.15) is 12.0 Å². The molecule has 1 aliphatic heterocycles. The van der Waals surface area contributed by atoms with Crippen LogP contribution in [0.4, 0.5) is 0 Å². The molecule has 1 amide bonds. The van der Waals surface area contributed by atoms with Crippen LogP contribution < -0.4 is 5.32 Å². The second-order valence-electron chi connectivity index (χ2n) is 4.49. The monoisotopic (exact) mass is 308 g/mol. The normalized spacial score (nSPS) is 16.0. The van der Waals surface area contributed by atoms with E-state index in [1.807, 2.05) is 0 Å². The molecular formula is C14H16N2O4S. The molecule has 2 N–H and O–H groups in total. The minimum atomic E-state index is -3.69. The molecule has 1 fully saturated rings. The molecule has 0 radical (unpaired) electrons. The van der Waals surface area contributed by atoms with Crippen molar-refractivity contribution in [3.8, 4) is 11.8 Å². The maximum atomic E-state index is 12.5. The van der Waals surface area contributed by atoms with Crippen LogP contribution in [0.2, 0.25) is 0 Å². The number of amides is 1. The summed E-state index contributed by atoms with van der Waals surface area (Å²) in [4.78, 5) is 11.4. The van der Waals surface area contributed by atoms with Crippen molar-refractivity contribution in [1.29, 1.82) is 0 Å². The molecule has 0 saturated carbocycles. The van der Waals surface area contributed by atoms with Crippen LogP contribution in [0.3, 0.4) is 0 Å². The van der Waals surface area contributed by atoms with E-state index >= 15 is 0 Å². The number of hydrogen-bond donors (Lipinski definition) is 2. The third-order valence-corrected chi connectivity index (χ3v) is 4.79. The Morgan fingerprint density at radius 1 is 1.38 bits per heavy atom. The fraction of sp³-hybridized carbons (Fsp3) is 0.357. The summed E-state index contributed by atoms with van der Waals surface area (Å²) in [6.07, 6.45) is 0.337. The number of piperazine rings is 1. The Hall–Kier alpha value is -1.88. The van der Waals surface area contributed by atoms with E-state index in [1.54, 1.807) is 12.1 Å². The van der Waals surface area contributed by atoms with Crippen molar-refractivity contribution in [1.82, 2.24) is 9.62 Å². The number of sulfonamides is 1. The number of aliphatic hydroxyl groups is 1. The first-order valence-corrected chi connectivity index (χ1v) is 7.94. The Balaban J connectivity index is 2.26. The van der Waals surface area contributed by atoms with Gasteiger partial charge in [0, 0.05) is 25.1 Å². The number of carbonyl (C=O) groups excluding carboxylic acids is 1. The molecule has 7 heteroatoms. The fourth-order valence-electron chi connectivity index (χ4n) is 1.92. The molecule has 0 atom stereocenters. The van der Waals surface area contributed by atoms with Crippen molar-refractivity contribution in [2.24, 2.45) is 0 Å². The highest BCUT2D eigenvalue weighted by Gasteiger charge is 2.29. The lowest BCUT2D eigenvalue weighted by Gasteiger charge is -2.25. The Morgan fingerprint density at radius 2 is 2.19 bits per heavy atom. The minimum absolute atomic E-state index is 0.0339. The zero-order valence-corrected chi connectivity index (χ0v) is 12.2. The molecule has 1 heterocycles. The van der Waals surface area contributed by atoms with Gasteiger partial charge in [0.05, 0.1) is 18.0 Å². The first-order valence-electron chi connectivity index (χ1n) is 6.50. The van der Waals surface area contributed by atoms with Crippen LogP contribution >= 0.6 is 0 Å². The average Bonchev–Trinajstić information content (AvgIpc) is 2.48. The van der Waals surface area contributed by atoms with E-state index in [-0.39, 0.29) is 30.5 Å². The maximum Gasteiger partial charge on any atom is 0.243 e. The van der Waals surface area contributed by atoms with Gasteiger partial charge in [-0.25, -0.2) is 8.42 Å². The molecule has 1 aliphatic rings. The lowest BCUT2D eigenvalue weighted by atomic mass is 10.2. The zero-order chi connectivity index (χ0) is 15.3. The van der Waals surface area contributed by atoms with E-state index in [9.17, 15) is 13.2 Å². The van der Waals surface area contributed by atoms with Crippen molar-refractivity contribution in [2.75, 3.05) is 26.2 Å². The molecule has 1 aromatic carbocycles. The van der Waals surface area contributed by atoms with Crippen LogP contribution in [0.5, 0.6) is 0 Å². The molecule has 1 aromatic rings. The summed E-state index contributed by atoms with van der Waals surface area (Å²) in [6, 6.07) is 6.28. The van der Waals surface area contributed by atoms with Gasteiger partial charge in [-0.3, -0.25) is 4.79 Å². The van der Waals surface area contributed by atoms with Crippen molar-refractivity contribution < 1.29 is 18.3 Å². The van der Waals surface area contributed by atoms with Gasteiger partial charge in [0.1, 0.15) is 0 Å². The second-order valence-corrected chi connectivity index (χ2v) is 6.43. The molecular weight excluding hydrogens is 292 g/mol. The third-order valence-electron chi connectivity index (χ3n) is 2.94. The molecule has 0 spiro atoms. The van der Waals surface area contributed by atoms with Gasteiger partial charge in [-0.1, -0.05) is 17.9 Å². The summed E-state index contributed by atoms with van der Waals surface area (Å²) >= 11 is 0. The highest BCUT2D eigenvalue weighted by atomic mass is 32.2. The Labute approximate surface area is 123 Å². The first-order chi connectivity index (χ1) is 10.0. The molecule has 0 aromatic heterocycles. The van der Waals surface area contributed by atoms with Gasteiger partial charge in [-0.15, -0.1) is 0 Å². The van der Waals surface area contributed by atoms with E-state index < -0.39 is 10.0 Å². The lowest BCUT2D eigenvalue weighted by molar-refractivity contribution is -0.122. The summed E-state index contributed by atoms with van der Waals surface area (Å²) in [6.45, 7) is 0.374. The summed E-state index contributed by atoms with van der Waals surface area (Å²) in [5, 5.41) is 11.3. The molecule has 21 heavy (non-hydrogen) atoms. The molecule has 112 valence electrons. The van der Waals surface area contributed by atoms with Gasteiger partial charge in [-0.2, -0.15) is 4.31 Å². The number of hydrogen-bond acceptors (Lipinski definition) is 4. The molecule has 0 aliphatic carbocycles. The number of benzene rings is 1. The quantitative estimate of drug-likeness (QED) is 0.740. The van der Waals surface area contributed by atoms with Gasteiger partial charge >= 0.3 is 0 Å². The van der Waals surface area contributed by atoms with Crippen LogP contribution in [-0.4, -0.2) is 50.0 Å². The molecule has 6 nitrogen and oxygen atoms in total. The number of nitrogens with zero attached hydrogens (tertiary/aromatic N) is 1. The minimum Gasteiger partial charge on any atom is -0.395 e. The summed E-state index contributed by atoms with van der Waals surface area (Å²) in [7, 11) is -3.69. The molecule has 0 bridgehead atoms. The van der Waals surface area contributed by atoms with Crippen LogP contribution in [0, 0.1) is 11.8 Å². The van der Waals surface area contributed by atoms with Gasteiger partial charge in [0.2, 0.25) is 15.9 Å². The van der Waals surface area contributed by atoms with Gasteiger partial charge in [0.15, 0.2) is 0 Å². The maximum absolute atomic E-state index is 12.5. The van der Waals surface area contributed by atoms with E-state index in [0.717, 1.165) is 4.31 Å². The molecule has 2 rings (SSSR count). The van der Waals surface area contributed by atoms with E-state index in [0.29, 0.717) is 18.5 Å². The Kier molecular flexibility index (Phi) is 4.96. The fourth-order valence-corrected chi connectivity index (χ4v) is 3.37. The Bertz CT molecular complexity index is 688. The van der Waals surface area contributed by atoms with Crippen LogP contribution in [-0.2, 0) is 14.8 Å². The van der Waals surface area contributed by atoms with E-state index in [1.165, 1.54) is 12.1 Å². The lowest BCUT2D eigenvalue weighted by Crippen LogP contribution is -2.49. The zero-order valence-electron chi connectivity index (χ0n) is 11.4. The topological polar surface area (TPSA) is 86.7 Å². The van der Waals surface area contributed by atoms with Crippen molar-refractivity contribution in [3.05, 3.63) is 29.8 Å². The number of aliphatic hydroxyl groups excluding tert-OH is 1. The highest BCUT2D eigenvalue weighted by Crippen LogP contribution is 2.17. The standard InChI is InChI=1S/C14H16N2O4S/c17-9-2-1-4-12-5-3-6-13(10-12)21(19,20)16-8-7-15-14(18)11-16/h3,5-6,10,17H,2,7-9,11H2,(H,15,18). The van der Waals surface area contributed by atoms with E-state index in [2.05, 4.69) is 17.2 Å². The molecule has 1 saturated heterocycles.